The molecular weight excluding hydrogens is 432 g/mol. The molecule has 3 amide bonds. The molecule has 4 aromatic rings. The zero-order valence-electron chi connectivity index (χ0n) is 18.3. The van der Waals surface area contributed by atoms with E-state index in [1.54, 1.807) is 48.5 Å². The first kappa shape index (κ1) is 22.5. The van der Waals surface area contributed by atoms with Crippen molar-refractivity contribution in [1.82, 2.24) is 9.97 Å². The van der Waals surface area contributed by atoms with Gasteiger partial charge in [0.2, 0.25) is 11.8 Å². The molecule has 0 aliphatic carbocycles. The van der Waals surface area contributed by atoms with Gasteiger partial charge in [-0.1, -0.05) is 18.2 Å². The second-order valence-electron chi connectivity index (χ2n) is 7.77. The second kappa shape index (κ2) is 9.86. The Kier molecular flexibility index (Phi) is 6.54. The highest BCUT2D eigenvalue weighted by Gasteiger charge is 2.12. The molecule has 0 atom stereocenters. The van der Waals surface area contributed by atoms with Crippen LogP contribution in [0.3, 0.4) is 0 Å². The highest BCUT2D eigenvalue weighted by molar-refractivity contribution is 6.04. The van der Waals surface area contributed by atoms with Gasteiger partial charge in [0.1, 0.15) is 11.3 Å². The Morgan fingerprint density at radius 1 is 0.853 bits per heavy atom. The van der Waals surface area contributed by atoms with E-state index in [-0.39, 0.29) is 24.7 Å². The van der Waals surface area contributed by atoms with E-state index in [2.05, 4.69) is 20.6 Å². The van der Waals surface area contributed by atoms with Crippen LogP contribution in [-0.2, 0) is 9.59 Å². The molecule has 9 heteroatoms. The lowest BCUT2D eigenvalue weighted by molar-refractivity contribution is -0.117. The van der Waals surface area contributed by atoms with Crippen molar-refractivity contribution in [2.24, 2.45) is 5.73 Å². The van der Waals surface area contributed by atoms with Gasteiger partial charge >= 0.3 is 0 Å². The number of aromatic amines is 1. The van der Waals surface area contributed by atoms with Crippen molar-refractivity contribution in [3.8, 4) is 11.4 Å². The maximum absolute atomic E-state index is 12.3. The summed E-state index contributed by atoms with van der Waals surface area (Å²) in [6.07, 6.45) is 0.822. The Labute approximate surface area is 195 Å². The molecule has 0 bridgehead atoms. The number of imidazole rings is 1. The van der Waals surface area contributed by atoms with E-state index in [9.17, 15) is 14.4 Å². The number of anilines is 3. The number of H-pyrrole nitrogens is 1. The molecule has 0 radical (unpaired) electrons. The normalized spacial score (nSPS) is 10.7. The summed E-state index contributed by atoms with van der Waals surface area (Å²) in [5, 5.41) is 5.57. The van der Waals surface area contributed by atoms with Gasteiger partial charge in [-0.3, -0.25) is 14.4 Å². The fourth-order valence-corrected chi connectivity index (χ4v) is 3.54. The molecule has 0 aliphatic rings. The minimum Gasteiger partial charge on any atom is -0.397 e. The van der Waals surface area contributed by atoms with Crippen molar-refractivity contribution in [2.45, 2.75) is 19.3 Å². The van der Waals surface area contributed by atoms with Crippen molar-refractivity contribution in [3.63, 3.8) is 0 Å². The number of hydrogen-bond donors (Lipinski definition) is 5. The highest BCUT2D eigenvalue weighted by Crippen LogP contribution is 2.24. The lowest BCUT2D eigenvalue weighted by atomic mass is 10.1. The van der Waals surface area contributed by atoms with E-state index in [1.165, 1.54) is 0 Å². The molecule has 0 saturated heterocycles. The molecular formula is C25H24N6O3. The van der Waals surface area contributed by atoms with Gasteiger partial charge in [-0.05, 0) is 55.0 Å². The number of nitrogens with one attached hydrogen (secondary N) is 3. The van der Waals surface area contributed by atoms with Crippen molar-refractivity contribution in [2.75, 3.05) is 16.4 Å². The van der Waals surface area contributed by atoms with Crippen LogP contribution in [-0.4, -0.2) is 27.7 Å². The van der Waals surface area contributed by atoms with Crippen LogP contribution in [0.15, 0.2) is 66.7 Å². The lowest BCUT2D eigenvalue weighted by Gasteiger charge is -2.08. The summed E-state index contributed by atoms with van der Waals surface area (Å²) in [6.45, 7) is 0. The third kappa shape index (κ3) is 5.21. The van der Waals surface area contributed by atoms with Crippen LogP contribution in [0.1, 0.15) is 29.6 Å². The molecule has 34 heavy (non-hydrogen) atoms. The smallest absolute Gasteiger partial charge is 0.250 e. The minimum absolute atomic E-state index is 0.186. The molecule has 7 N–H and O–H groups in total. The highest BCUT2D eigenvalue weighted by atomic mass is 16.2. The van der Waals surface area contributed by atoms with E-state index in [0.717, 1.165) is 5.56 Å². The van der Waals surface area contributed by atoms with E-state index in [1.807, 2.05) is 18.2 Å². The van der Waals surface area contributed by atoms with Crippen LogP contribution in [0, 0.1) is 0 Å². The number of para-hydroxylation sites is 3. The molecule has 0 spiro atoms. The first-order valence-electron chi connectivity index (χ1n) is 10.7. The molecule has 1 aromatic heterocycles. The number of fused-ring (bicyclic) bond motifs is 1. The van der Waals surface area contributed by atoms with Gasteiger partial charge < -0.3 is 27.1 Å². The molecule has 3 aromatic carbocycles. The number of aromatic nitrogens is 2. The number of nitrogen functional groups attached to an aromatic ring is 1. The Morgan fingerprint density at radius 3 is 2.26 bits per heavy atom. The first-order chi connectivity index (χ1) is 16.4. The fraction of sp³-hybridized carbons (Fsp3) is 0.120. The Balaban J connectivity index is 1.30. The van der Waals surface area contributed by atoms with Crippen molar-refractivity contribution >= 4 is 45.8 Å². The Hall–Kier alpha value is -4.66. The SMILES string of the molecule is NC(=O)c1cccc2[nH]c(-c3ccc(NC(=O)CCCC(=O)Nc4ccccc4N)cc3)nc12. The largest absolute Gasteiger partial charge is 0.397 e. The molecule has 0 unspecified atom stereocenters. The summed E-state index contributed by atoms with van der Waals surface area (Å²) in [5.41, 5.74) is 15.3. The monoisotopic (exact) mass is 456 g/mol. The van der Waals surface area contributed by atoms with Crippen LogP contribution in [0.5, 0.6) is 0 Å². The standard InChI is InChI=1S/C25H24N6O3/c26-18-6-1-2-7-19(18)29-22(33)10-4-9-21(32)28-16-13-11-15(12-14-16)25-30-20-8-3-5-17(24(27)34)23(20)31-25/h1-3,5-8,11-14H,4,9-10,26H2,(H2,27,34)(H,28,32)(H,29,33)(H,30,31). The van der Waals surface area contributed by atoms with Crippen molar-refractivity contribution in [1.29, 1.82) is 0 Å². The Bertz CT molecular complexity index is 1360. The third-order valence-electron chi connectivity index (χ3n) is 5.26. The summed E-state index contributed by atoms with van der Waals surface area (Å²) >= 11 is 0. The van der Waals surface area contributed by atoms with E-state index >= 15 is 0 Å². The van der Waals surface area contributed by atoms with Gasteiger partial charge in [0.25, 0.3) is 5.91 Å². The lowest BCUT2D eigenvalue weighted by Crippen LogP contribution is -2.15. The van der Waals surface area contributed by atoms with Crippen LogP contribution < -0.4 is 22.1 Å². The van der Waals surface area contributed by atoms with Gasteiger partial charge in [-0.15, -0.1) is 0 Å². The van der Waals surface area contributed by atoms with Crippen molar-refractivity contribution in [3.05, 3.63) is 72.3 Å². The van der Waals surface area contributed by atoms with Gasteiger partial charge in [0.15, 0.2) is 0 Å². The molecule has 172 valence electrons. The summed E-state index contributed by atoms with van der Waals surface area (Å²) < 4.78 is 0. The van der Waals surface area contributed by atoms with Gasteiger partial charge in [0.05, 0.1) is 22.5 Å². The maximum Gasteiger partial charge on any atom is 0.250 e. The zero-order chi connectivity index (χ0) is 24.1. The number of benzene rings is 3. The molecule has 0 aliphatic heterocycles. The van der Waals surface area contributed by atoms with Gasteiger partial charge in [0, 0.05) is 24.1 Å². The summed E-state index contributed by atoms with van der Waals surface area (Å²) in [5.74, 6) is -0.329. The average Bonchev–Trinajstić information content (AvgIpc) is 3.25. The summed E-state index contributed by atoms with van der Waals surface area (Å²) in [7, 11) is 0. The minimum atomic E-state index is -0.539. The third-order valence-corrected chi connectivity index (χ3v) is 5.26. The fourth-order valence-electron chi connectivity index (χ4n) is 3.54. The number of carbonyl (C=O) groups excluding carboxylic acids is 3. The van der Waals surface area contributed by atoms with Gasteiger partial charge in [-0.25, -0.2) is 4.98 Å². The molecule has 4 rings (SSSR count). The number of amides is 3. The molecule has 1 heterocycles. The number of nitrogens with zero attached hydrogens (tertiary/aromatic N) is 1. The van der Waals surface area contributed by atoms with E-state index in [4.69, 9.17) is 11.5 Å². The molecule has 0 saturated carbocycles. The number of nitrogens with two attached hydrogens (primary N) is 2. The van der Waals surface area contributed by atoms with E-state index < -0.39 is 5.91 Å². The van der Waals surface area contributed by atoms with Crippen LogP contribution in [0.4, 0.5) is 17.1 Å². The number of rotatable bonds is 8. The summed E-state index contributed by atoms with van der Waals surface area (Å²) in [6, 6.07) is 19.4. The van der Waals surface area contributed by atoms with E-state index in [0.29, 0.717) is 45.9 Å². The van der Waals surface area contributed by atoms with Crippen LogP contribution in [0.2, 0.25) is 0 Å². The maximum atomic E-state index is 12.3. The van der Waals surface area contributed by atoms with Crippen LogP contribution in [0.25, 0.3) is 22.4 Å². The van der Waals surface area contributed by atoms with Crippen LogP contribution >= 0.6 is 0 Å². The van der Waals surface area contributed by atoms with Crippen molar-refractivity contribution < 1.29 is 14.4 Å². The van der Waals surface area contributed by atoms with Gasteiger partial charge in [-0.2, -0.15) is 0 Å². The molecule has 9 nitrogen and oxygen atoms in total. The number of hydrogen-bond acceptors (Lipinski definition) is 5. The summed E-state index contributed by atoms with van der Waals surface area (Å²) in [4.78, 5) is 43.6. The predicted molar refractivity (Wildman–Crippen MR) is 132 cm³/mol. The first-order valence-corrected chi connectivity index (χ1v) is 10.7. The number of primary amides is 1. The number of carbonyl (C=O) groups is 3. The predicted octanol–water partition coefficient (Wildman–Crippen LogP) is 3.66. The topological polar surface area (TPSA) is 156 Å². The Morgan fingerprint density at radius 2 is 1.56 bits per heavy atom. The quantitative estimate of drug-likeness (QED) is 0.256. The molecule has 0 fully saturated rings. The second-order valence-corrected chi connectivity index (χ2v) is 7.77. The zero-order valence-corrected chi connectivity index (χ0v) is 18.3. The average molecular weight is 457 g/mol.